The van der Waals surface area contributed by atoms with Gasteiger partial charge in [0.15, 0.2) is 9.84 Å². The Bertz CT molecular complexity index is 1010. The van der Waals surface area contributed by atoms with Crippen LogP contribution < -0.4 is 15.6 Å². The highest BCUT2D eigenvalue weighted by molar-refractivity contribution is 7.90. The molecule has 0 saturated carbocycles. The fourth-order valence-electron chi connectivity index (χ4n) is 2.08. The van der Waals surface area contributed by atoms with Crippen LogP contribution in [0.15, 0.2) is 47.4 Å². The summed E-state index contributed by atoms with van der Waals surface area (Å²) in [5, 5.41) is 13.3. The molecule has 2 aromatic rings. The smallest absolute Gasteiger partial charge is 0.285 e. The maximum atomic E-state index is 12.1. The van der Waals surface area contributed by atoms with E-state index in [0.717, 1.165) is 29.2 Å². The van der Waals surface area contributed by atoms with E-state index in [9.17, 15) is 28.1 Å². The summed E-state index contributed by atoms with van der Waals surface area (Å²) in [6.07, 6.45) is 2.09. The van der Waals surface area contributed by atoms with E-state index in [1.807, 2.05) is 0 Å². The van der Waals surface area contributed by atoms with Gasteiger partial charge in [-0.15, -0.1) is 0 Å². The molecule has 0 spiro atoms. The van der Waals surface area contributed by atoms with E-state index in [2.05, 4.69) is 5.32 Å². The molecule has 144 valence electrons. The highest BCUT2D eigenvalue weighted by Gasteiger charge is 2.11. The third kappa shape index (κ3) is 6.55. The first-order valence-electron chi connectivity index (χ1n) is 7.69. The number of hydrogen-bond donors (Lipinski definition) is 1. The van der Waals surface area contributed by atoms with Gasteiger partial charge in [0.25, 0.3) is 11.2 Å². The van der Waals surface area contributed by atoms with Crippen LogP contribution in [0.3, 0.4) is 0 Å². The molecule has 0 radical (unpaired) electrons. The fraction of sp³-hybridized carbons (Fsp3) is 0.250. The molecule has 2 rings (SSSR count). The Balaban J connectivity index is 2.02. The van der Waals surface area contributed by atoms with Gasteiger partial charge in [0.05, 0.1) is 16.9 Å². The second-order valence-corrected chi connectivity index (χ2v) is 7.92. The topological polar surface area (TPSA) is 138 Å². The molecule has 1 aromatic heterocycles. The number of ether oxygens (including phenoxy) is 1. The number of carbonyl (C=O) groups is 1. The summed E-state index contributed by atoms with van der Waals surface area (Å²) in [6, 6.07) is 8.36. The van der Waals surface area contributed by atoms with Gasteiger partial charge in [-0.05, 0) is 12.1 Å². The molecule has 0 aliphatic rings. The highest BCUT2D eigenvalue weighted by Crippen LogP contribution is 2.17. The first-order chi connectivity index (χ1) is 12.6. The van der Waals surface area contributed by atoms with Crippen LogP contribution in [0.2, 0.25) is 0 Å². The Morgan fingerprint density at radius 1 is 1.30 bits per heavy atom. The highest BCUT2D eigenvalue weighted by atomic mass is 32.2. The average Bonchev–Trinajstić information content (AvgIpc) is 2.55. The molecule has 1 heterocycles. The zero-order valence-corrected chi connectivity index (χ0v) is 15.1. The zero-order chi connectivity index (χ0) is 20.0. The minimum absolute atomic E-state index is 0.0285. The number of carbonyl (C=O) groups excluding carboxylic acids is 1. The molecule has 0 bridgehead atoms. The molecule has 10 nitrogen and oxygen atoms in total. The molecule has 1 aromatic carbocycles. The molecule has 11 heteroatoms. The minimum atomic E-state index is -3.15. The summed E-state index contributed by atoms with van der Waals surface area (Å²) >= 11 is 0. The lowest BCUT2D eigenvalue weighted by molar-refractivity contribution is -0.385. The number of anilines is 1. The third-order valence-electron chi connectivity index (χ3n) is 3.33. The number of nitrogens with one attached hydrogen (secondary N) is 1. The van der Waals surface area contributed by atoms with Gasteiger partial charge in [0.1, 0.15) is 18.9 Å². The van der Waals surface area contributed by atoms with E-state index in [1.54, 1.807) is 18.2 Å². The standard InChI is InChI=1S/C16H17N3O7S/c1-27(24,25)8-7-26-14-4-2-3-12(9-14)17-15(20)11-18-10-13(19(22)23)5-6-16(18)21/h2-6,9-10H,7-8,11H2,1H3,(H,17,20). The first-order valence-corrected chi connectivity index (χ1v) is 9.75. The van der Waals surface area contributed by atoms with Crippen LogP contribution in [0.5, 0.6) is 5.75 Å². The summed E-state index contributed by atoms with van der Waals surface area (Å²) in [6.45, 7) is -0.432. The average molecular weight is 395 g/mol. The predicted octanol–water partition coefficient (Wildman–Crippen LogP) is 0.819. The number of aromatic nitrogens is 1. The lowest BCUT2D eigenvalue weighted by Crippen LogP contribution is -2.27. The second kappa shape index (κ2) is 8.45. The summed E-state index contributed by atoms with van der Waals surface area (Å²) in [4.78, 5) is 33.9. The number of hydrogen-bond acceptors (Lipinski definition) is 7. The molecule has 0 fully saturated rings. The van der Waals surface area contributed by atoms with Crippen LogP contribution in [-0.2, 0) is 21.2 Å². The van der Waals surface area contributed by atoms with E-state index >= 15 is 0 Å². The maximum absolute atomic E-state index is 12.1. The van der Waals surface area contributed by atoms with Crippen molar-refractivity contribution in [3.05, 3.63) is 63.1 Å². The quantitative estimate of drug-likeness (QED) is 0.516. The first kappa shape index (κ1) is 20.1. The van der Waals surface area contributed by atoms with Crippen LogP contribution in [0, 0.1) is 10.1 Å². The molecular weight excluding hydrogens is 378 g/mol. The Labute approximate surface area is 154 Å². The summed E-state index contributed by atoms with van der Waals surface area (Å²) in [7, 11) is -3.15. The number of pyridine rings is 1. The largest absolute Gasteiger partial charge is 0.492 e. The van der Waals surface area contributed by atoms with Crippen molar-refractivity contribution in [3.8, 4) is 5.75 Å². The zero-order valence-electron chi connectivity index (χ0n) is 14.3. The number of rotatable bonds is 8. The molecular formula is C16H17N3O7S. The van der Waals surface area contributed by atoms with Crippen LogP contribution in [-0.4, -0.2) is 42.4 Å². The number of nitro groups is 1. The molecule has 0 aliphatic heterocycles. The Hall–Kier alpha value is -3.21. The van der Waals surface area contributed by atoms with Gasteiger partial charge in [-0.3, -0.25) is 24.3 Å². The summed E-state index contributed by atoms with van der Waals surface area (Å²) in [5.41, 5.74) is -0.479. The van der Waals surface area contributed by atoms with E-state index in [-0.39, 0.29) is 18.0 Å². The lowest BCUT2D eigenvalue weighted by atomic mass is 10.3. The van der Waals surface area contributed by atoms with E-state index < -0.39 is 32.8 Å². The van der Waals surface area contributed by atoms with Crippen molar-refractivity contribution < 1.29 is 22.9 Å². The maximum Gasteiger partial charge on any atom is 0.285 e. The van der Waals surface area contributed by atoms with Gasteiger partial charge in [-0.1, -0.05) is 6.07 Å². The molecule has 27 heavy (non-hydrogen) atoms. The number of amides is 1. The van der Waals surface area contributed by atoms with Crippen molar-refractivity contribution in [1.82, 2.24) is 4.57 Å². The summed E-state index contributed by atoms with van der Waals surface area (Å²) < 4.78 is 28.4. The van der Waals surface area contributed by atoms with Gasteiger partial charge in [-0.25, -0.2) is 8.42 Å². The molecule has 1 N–H and O–H groups in total. The minimum Gasteiger partial charge on any atom is -0.492 e. The van der Waals surface area contributed by atoms with Crippen LogP contribution in [0.1, 0.15) is 0 Å². The number of nitrogens with zero attached hydrogens (tertiary/aromatic N) is 2. The van der Waals surface area contributed by atoms with E-state index in [0.29, 0.717) is 11.4 Å². The van der Waals surface area contributed by atoms with Gasteiger partial charge in [-0.2, -0.15) is 0 Å². The van der Waals surface area contributed by atoms with Crippen molar-refractivity contribution in [3.63, 3.8) is 0 Å². The molecule has 0 atom stereocenters. The lowest BCUT2D eigenvalue weighted by Gasteiger charge is -2.10. The monoisotopic (exact) mass is 395 g/mol. The Kier molecular flexibility index (Phi) is 6.29. The summed E-state index contributed by atoms with van der Waals surface area (Å²) in [5.74, 6) is -0.339. The second-order valence-electron chi connectivity index (χ2n) is 5.66. The number of sulfone groups is 1. The molecule has 0 aliphatic carbocycles. The van der Waals surface area contributed by atoms with Gasteiger partial charge in [0, 0.05) is 30.1 Å². The van der Waals surface area contributed by atoms with Crippen molar-refractivity contribution >= 4 is 27.1 Å². The molecule has 1 amide bonds. The third-order valence-corrected chi connectivity index (χ3v) is 4.24. The van der Waals surface area contributed by atoms with Gasteiger partial charge >= 0.3 is 0 Å². The van der Waals surface area contributed by atoms with Gasteiger partial charge < -0.3 is 10.1 Å². The van der Waals surface area contributed by atoms with Crippen molar-refractivity contribution in [2.45, 2.75) is 6.54 Å². The van der Waals surface area contributed by atoms with Crippen LogP contribution >= 0.6 is 0 Å². The van der Waals surface area contributed by atoms with E-state index in [1.165, 1.54) is 6.07 Å². The van der Waals surface area contributed by atoms with Crippen LogP contribution in [0.25, 0.3) is 0 Å². The van der Waals surface area contributed by atoms with Gasteiger partial charge in [0.2, 0.25) is 5.91 Å². The molecule has 0 saturated heterocycles. The van der Waals surface area contributed by atoms with Crippen LogP contribution in [0.4, 0.5) is 11.4 Å². The predicted molar refractivity (Wildman–Crippen MR) is 97.6 cm³/mol. The molecule has 0 unspecified atom stereocenters. The van der Waals surface area contributed by atoms with Crippen molar-refractivity contribution in [2.24, 2.45) is 0 Å². The Morgan fingerprint density at radius 3 is 2.70 bits per heavy atom. The normalized spacial score (nSPS) is 11.0. The van der Waals surface area contributed by atoms with Crippen molar-refractivity contribution in [1.29, 1.82) is 0 Å². The van der Waals surface area contributed by atoms with E-state index in [4.69, 9.17) is 4.74 Å². The Morgan fingerprint density at radius 2 is 2.04 bits per heavy atom. The van der Waals surface area contributed by atoms with Crippen molar-refractivity contribution in [2.75, 3.05) is 23.9 Å². The number of benzene rings is 1. The fourth-order valence-corrected chi connectivity index (χ4v) is 2.47. The SMILES string of the molecule is CS(=O)(=O)CCOc1cccc(NC(=O)Cn2cc([N+](=O)[O-])ccc2=O)c1.